The van der Waals surface area contributed by atoms with Gasteiger partial charge in [-0.1, -0.05) is 20.8 Å². The van der Waals surface area contributed by atoms with E-state index in [1.54, 1.807) is 0 Å². The van der Waals surface area contributed by atoms with E-state index in [4.69, 9.17) is 5.11 Å². The third-order valence-electron chi connectivity index (χ3n) is 2.82. The number of nitrogens with zero attached hydrogens (tertiary/aromatic N) is 2. The molecular weight excluding hydrogens is 284 g/mol. The Bertz CT molecular complexity index is 401. The molecular formula is C15H28N4OS. The van der Waals surface area contributed by atoms with Crippen molar-refractivity contribution < 1.29 is 5.11 Å². The zero-order valence-electron chi connectivity index (χ0n) is 13.4. The lowest BCUT2D eigenvalue weighted by atomic mass is 10.2. The van der Waals surface area contributed by atoms with Gasteiger partial charge in [-0.3, -0.25) is 0 Å². The van der Waals surface area contributed by atoms with Crippen LogP contribution in [0.15, 0.2) is 6.07 Å². The fourth-order valence-corrected chi connectivity index (χ4v) is 2.46. The Kier molecular flexibility index (Phi) is 9.17. The van der Waals surface area contributed by atoms with Gasteiger partial charge >= 0.3 is 0 Å². The van der Waals surface area contributed by atoms with E-state index in [9.17, 15) is 0 Å². The molecule has 0 unspecified atom stereocenters. The van der Waals surface area contributed by atoms with E-state index in [2.05, 4.69) is 41.4 Å². The van der Waals surface area contributed by atoms with Crippen LogP contribution in [0.5, 0.6) is 0 Å². The number of hydrogen-bond donors (Lipinski definition) is 3. The minimum absolute atomic E-state index is 0.274. The Morgan fingerprint density at radius 1 is 1.14 bits per heavy atom. The Hall–Kier alpha value is -1.01. The molecule has 0 spiro atoms. The van der Waals surface area contributed by atoms with Crippen LogP contribution in [0.4, 0.5) is 11.6 Å². The molecule has 21 heavy (non-hydrogen) atoms. The molecule has 5 nitrogen and oxygen atoms in total. The highest BCUT2D eigenvalue weighted by atomic mass is 32.2. The van der Waals surface area contributed by atoms with Crippen molar-refractivity contribution in [2.45, 2.75) is 39.5 Å². The lowest BCUT2D eigenvalue weighted by Gasteiger charge is -2.12. The quantitative estimate of drug-likeness (QED) is 0.546. The molecule has 1 heterocycles. The molecule has 0 fully saturated rings. The molecule has 0 saturated heterocycles. The van der Waals surface area contributed by atoms with Crippen LogP contribution >= 0.6 is 11.8 Å². The summed E-state index contributed by atoms with van der Waals surface area (Å²) in [5.74, 6) is 4.97. The van der Waals surface area contributed by atoms with Crippen molar-refractivity contribution in [3.63, 3.8) is 0 Å². The molecule has 0 aromatic carbocycles. The first kappa shape index (κ1) is 18.0. The minimum Gasteiger partial charge on any atom is -0.396 e. The molecule has 0 aliphatic heterocycles. The van der Waals surface area contributed by atoms with Gasteiger partial charge in [0.25, 0.3) is 0 Å². The maximum atomic E-state index is 8.73. The molecule has 0 atom stereocenters. The summed E-state index contributed by atoms with van der Waals surface area (Å²) < 4.78 is 0. The van der Waals surface area contributed by atoms with Crippen molar-refractivity contribution in [2.24, 2.45) is 0 Å². The molecule has 0 aliphatic rings. The Morgan fingerprint density at radius 3 is 2.38 bits per heavy atom. The third kappa shape index (κ3) is 7.52. The van der Waals surface area contributed by atoms with E-state index in [1.165, 1.54) is 0 Å². The Balaban J connectivity index is 2.52. The topological polar surface area (TPSA) is 70.1 Å². The summed E-state index contributed by atoms with van der Waals surface area (Å²) >= 11 is 1.84. The first-order valence-electron chi connectivity index (χ1n) is 7.72. The van der Waals surface area contributed by atoms with Gasteiger partial charge in [0, 0.05) is 37.4 Å². The van der Waals surface area contributed by atoms with Gasteiger partial charge < -0.3 is 15.7 Å². The summed E-state index contributed by atoms with van der Waals surface area (Å²) in [7, 11) is 0. The standard InChI is InChI=1S/C15H28N4OS/c1-4-6-16-13-11-14(19-15(18-13)12(2)3)17-7-10-21-9-5-8-20/h11-12,20H,4-10H2,1-3H3,(H2,16,17,18,19). The van der Waals surface area contributed by atoms with Crippen molar-refractivity contribution in [3.8, 4) is 0 Å². The molecule has 0 aliphatic carbocycles. The zero-order chi connectivity index (χ0) is 15.5. The molecule has 0 amide bonds. The van der Waals surface area contributed by atoms with Crippen LogP contribution in [0.3, 0.4) is 0 Å². The second kappa shape index (κ2) is 10.7. The van der Waals surface area contributed by atoms with Gasteiger partial charge in [0.1, 0.15) is 17.5 Å². The van der Waals surface area contributed by atoms with E-state index >= 15 is 0 Å². The average molecular weight is 312 g/mol. The van der Waals surface area contributed by atoms with Gasteiger partial charge in [0.05, 0.1) is 0 Å². The first-order chi connectivity index (χ1) is 10.2. The first-order valence-corrected chi connectivity index (χ1v) is 8.88. The van der Waals surface area contributed by atoms with E-state index < -0.39 is 0 Å². The second-order valence-electron chi connectivity index (χ2n) is 5.19. The predicted octanol–water partition coefficient (Wildman–Crippen LogP) is 2.95. The van der Waals surface area contributed by atoms with Crippen LogP contribution in [-0.4, -0.2) is 46.3 Å². The van der Waals surface area contributed by atoms with E-state index in [0.29, 0.717) is 5.92 Å². The minimum atomic E-state index is 0.274. The Morgan fingerprint density at radius 2 is 1.81 bits per heavy atom. The predicted molar refractivity (Wildman–Crippen MR) is 92.4 cm³/mol. The zero-order valence-corrected chi connectivity index (χ0v) is 14.2. The number of rotatable bonds is 11. The van der Waals surface area contributed by atoms with Crippen molar-refractivity contribution in [2.75, 3.05) is 41.8 Å². The van der Waals surface area contributed by atoms with E-state index in [1.807, 2.05) is 17.8 Å². The van der Waals surface area contributed by atoms with Crippen LogP contribution in [-0.2, 0) is 0 Å². The van der Waals surface area contributed by atoms with Crippen molar-refractivity contribution in [1.29, 1.82) is 0 Å². The van der Waals surface area contributed by atoms with Gasteiger partial charge in [-0.2, -0.15) is 11.8 Å². The number of nitrogens with one attached hydrogen (secondary N) is 2. The molecule has 1 rings (SSSR count). The second-order valence-corrected chi connectivity index (χ2v) is 6.42. The van der Waals surface area contributed by atoms with Gasteiger partial charge in [-0.05, 0) is 18.6 Å². The SMILES string of the molecule is CCCNc1cc(NCCSCCCO)nc(C(C)C)n1. The average Bonchev–Trinajstić information content (AvgIpc) is 2.48. The lowest BCUT2D eigenvalue weighted by Crippen LogP contribution is -2.11. The number of thioether (sulfide) groups is 1. The fourth-order valence-electron chi connectivity index (χ4n) is 1.68. The maximum absolute atomic E-state index is 8.73. The molecule has 1 aromatic rings. The summed E-state index contributed by atoms with van der Waals surface area (Å²) in [5, 5.41) is 15.4. The summed E-state index contributed by atoms with van der Waals surface area (Å²) in [4.78, 5) is 9.11. The summed E-state index contributed by atoms with van der Waals surface area (Å²) in [6.45, 7) is 8.42. The molecule has 0 radical (unpaired) electrons. The van der Waals surface area contributed by atoms with Crippen LogP contribution in [0.25, 0.3) is 0 Å². The number of aliphatic hydroxyl groups is 1. The molecule has 120 valence electrons. The summed E-state index contributed by atoms with van der Waals surface area (Å²) in [5.41, 5.74) is 0. The van der Waals surface area contributed by atoms with Gasteiger partial charge in [0.2, 0.25) is 0 Å². The number of aromatic nitrogens is 2. The number of aliphatic hydroxyl groups excluding tert-OH is 1. The highest BCUT2D eigenvalue weighted by Gasteiger charge is 2.07. The highest BCUT2D eigenvalue weighted by molar-refractivity contribution is 7.99. The van der Waals surface area contributed by atoms with Crippen LogP contribution in [0.2, 0.25) is 0 Å². The Labute approximate surface area is 132 Å². The monoisotopic (exact) mass is 312 g/mol. The van der Waals surface area contributed by atoms with Crippen molar-refractivity contribution >= 4 is 23.4 Å². The normalized spacial score (nSPS) is 10.9. The van der Waals surface area contributed by atoms with Crippen molar-refractivity contribution in [3.05, 3.63) is 11.9 Å². The molecule has 6 heteroatoms. The van der Waals surface area contributed by atoms with Crippen LogP contribution in [0.1, 0.15) is 45.4 Å². The maximum Gasteiger partial charge on any atom is 0.135 e. The van der Waals surface area contributed by atoms with Gasteiger partial charge in [-0.25, -0.2) is 9.97 Å². The number of anilines is 2. The van der Waals surface area contributed by atoms with Crippen LogP contribution in [0, 0.1) is 0 Å². The summed E-state index contributed by atoms with van der Waals surface area (Å²) in [6, 6.07) is 1.97. The highest BCUT2D eigenvalue weighted by Crippen LogP contribution is 2.17. The largest absolute Gasteiger partial charge is 0.396 e. The fraction of sp³-hybridized carbons (Fsp3) is 0.733. The molecule has 0 saturated carbocycles. The van der Waals surface area contributed by atoms with E-state index in [-0.39, 0.29) is 6.61 Å². The van der Waals surface area contributed by atoms with Crippen LogP contribution < -0.4 is 10.6 Å². The van der Waals surface area contributed by atoms with Gasteiger partial charge in [0.15, 0.2) is 0 Å². The lowest BCUT2D eigenvalue weighted by molar-refractivity contribution is 0.296. The van der Waals surface area contributed by atoms with E-state index in [0.717, 1.165) is 54.9 Å². The molecule has 1 aromatic heterocycles. The smallest absolute Gasteiger partial charge is 0.135 e. The molecule has 3 N–H and O–H groups in total. The molecule has 0 bridgehead atoms. The number of hydrogen-bond acceptors (Lipinski definition) is 6. The van der Waals surface area contributed by atoms with Gasteiger partial charge in [-0.15, -0.1) is 0 Å². The summed E-state index contributed by atoms with van der Waals surface area (Å²) in [6.07, 6.45) is 1.94. The van der Waals surface area contributed by atoms with Crippen molar-refractivity contribution in [1.82, 2.24) is 9.97 Å². The third-order valence-corrected chi connectivity index (χ3v) is 3.89.